The second-order valence-corrected chi connectivity index (χ2v) is 6.85. The molecule has 1 heterocycles. The largest absolute Gasteiger partial charge is 0.473 e. The van der Waals surface area contributed by atoms with E-state index in [2.05, 4.69) is 26.2 Å². The average Bonchev–Trinajstić information content (AvgIpc) is 3.08. The summed E-state index contributed by atoms with van der Waals surface area (Å²) in [7, 11) is 1.79. The number of imidazole rings is 1. The number of anilines is 1. The highest BCUT2D eigenvalue weighted by Gasteiger charge is 2.13. The fourth-order valence-electron chi connectivity index (χ4n) is 2.49. The maximum atomic E-state index is 13.9. The van der Waals surface area contributed by atoms with Crippen LogP contribution in [0.3, 0.4) is 0 Å². The van der Waals surface area contributed by atoms with Crippen LogP contribution in [0.4, 0.5) is 16.0 Å². The summed E-state index contributed by atoms with van der Waals surface area (Å²) >= 11 is 3.33. The first-order valence-electron chi connectivity index (χ1n) is 8.51. The number of benzene rings is 2. The summed E-state index contributed by atoms with van der Waals surface area (Å²) < 4.78 is 16.3. The lowest BCUT2D eigenvalue weighted by Crippen LogP contribution is -2.09. The Morgan fingerprint density at radius 3 is 2.45 bits per heavy atom. The molecular weight excluding hydrogens is 479 g/mol. The smallest absolute Gasteiger partial charge is 0.414 e. The van der Waals surface area contributed by atoms with Gasteiger partial charge in [-0.05, 0) is 12.1 Å². The normalized spacial score (nSPS) is 10.0. The minimum Gasteiger partial charge on any atom is -0.473 e. The molecule has 0 amide bonds. The molecule has 0 spiro atoms. The lowest BCUT2D eigenvalue weighted by atomic mass is 10.1. The van der Waals surface area contributed by atoms with Crippen LogP contribution >= 0.6 is 15.9 Å². The van der Waals surface area contributed by atoms with Crippen LogP contribution in [0.2, 0.25) is 0 Å². The molecule has 0 aliphatic carbocycles. The van der Waals surface area contributed by atoms with Gasteiger partial charge in [0.25, 0.3) is 5.69 Å². The molecule has 10 nitrogen and oxygen atoms in total. The summed E-state index contributed by atoms with van der Waals surface area (Å²) in [6.07, 6.45) is 1.62. The first-order chi connectivity index (χ1) is 14.6. The lowest BCUT2D eigenvalue weighted by Gasteiger charge is -2.10. The van der Waals surface area contributed by atoms with E-state index >= 15 is 0 Å². The third-order valence-electron chi connectivity index (χ3n) is 4.01. The Kier molecular flexibility index (Phi) is 7.80. The van der Waals surface area contributed by atoms with Crippen LogP contribution in [-0.2, 0) is 23.2 Å². The zero-order chi connectivity index (χ0) is 23.1. The first kappa shape index (κ1) is 23.5. The Balaban J connectivity index is 0.000000501. The number of nitrogens with one attached hydrogen (secondary N) is 1. The van der Waals surface area contributed by atoms with Gasteiger partial charge in [0.15, 0.2) is 0 Å². The molecule has 0 unspecified atom stereocenters. The summed E-state index contributed by atoms with van der Waals surface area (Å²) in [5.41, 5.74) is 1.93. The molecule has 1 aromatic heterocycles. The van der Waals surface area contributed by atoms with Gasteiger partial charge >= 0.3 is 11.9 Å². The number of nitro benzene ring substituents is 1. The Morgan fingerprint density at radius 2 is 1.87 bits per heavy atom. The number of carbonyl (C=O) groups is 2. The summed E-state index contributed by atoms with van der Waals surface area (Å²) in [5.74, 6) is -3.42. The molecule has 31 heavy (non-hydrogen) atoms. The number of carboxylic acids is 2. The SMILES string of the molecule is Cn1c(-c2cccc([N+](=O)[O-])c2)cnc1NCc1c(F)cccc1Br.O=C(O)C(=O)O. The molecule has 12 heteroatoms. The van der Waals surface area contributed by atoms with Gasteiger partial charge in [-0.3, -0.25) is 10.1 Å². The van der Waals surface area contributed by atoms with E-state index in [1.54, 1.807) is 42.1 Å². The van der Waals surface area contributed by atoms with E-state index in [1.807, 2.05) is 0 Å². The van der Waals surface area contributed by atoms with Crippen LogP contribution in [0.15, 0.2) is 53.1 Å². The predicted molar refractivity (Wildman–Crippen MR) is 112 cm³/mol. The quantitative estimate of drug-likeness (QED) is 0.276. The van der Waals surface area contributed by atoms with E-state index in [4.69, 9.17) is 19.8 Å². The summed E-state index contributed by atoms with van der Waals surface area (Å²) in [4.78, 5) is 33.0. The standard InChI is InChI=1S/C17H14BrFN4O2.C2H2O4/c1-22-16(11-4-2-5-12(8-11)23(24)25)10-21-17(22)20-9-13-14(18)6-3-7-15(13)19;3-1(4)2(5)6/h2-8,10H,9H2,1H3,(H,20,21);(H,3,4)(H,5,6). The number of aliphatic carboxylic acids is 2. The van der Waals surface area contributed by atoms with Crippen molar-refractivity contribution in [3.05, 3.63) is 74.6 Å². The van der Waals surface area contributed by atoms with Crippen molar-refractivity contribution in [2.75, 3.05) is 5.32 Å². The summed E-state index contributed by atoms with van der Waals surface area (Å²) in [6, 6.07) is 11.1. The Bertz CT molecular complexity index is 1100. The molecular formula is C19H16BrFN4O6. The van der Waals surface area contributed by atoms with Crippen molar-refractivity contribution in [3.8, 4) is 11.3 Å². The molecule has 3 rings (SSSR count). The number of carboxylic acid groups (broad SMARTS) is 2. The van der Waals surface area contributed by atoms with E-state index in [0.717, 1.165) is 5.69 Å². The highest BCUT2D eigenvalue weighted by atomic mass is 79.9. The van der Waals surface area contributed by atoms with Crippen molar-refractivity contribution >= 4 is 39.5 Å². The second-order valence-electron chi connectivity index (χ2n) is 6.00. The number of rotatable bonds is 5. The molecule has 0 radical (unpaired) electrons. The Morgan fingerprint density at radius 1 is 1.23 bits per heavy atom. The lowest BCUT2D eigenvalue weighted by molar-refractivity contribution is -0.384. The fraction of sp³-hybridized carbons (Fsp3) is 0.105. The van der Waals surface area contributed by atoms with Crippen molar-refractivity contribution in [1.82, 2.24) is 9.55 Å². The van der Waals surface area contributed by atoms with Gasteiger partial charge in [0.05, 0.1) is 16.8 Å². The van der Waals surface area contributed by atoms with Crippen LogP contribution in [0.1, 0.15) is 5.56 Å². The molecule has 3 aromatic rings. The third kappa shape index (κ3) is 6.09. The van der Waals surface area contributed by atoms with Crippen LogP contribution < -0.4 is 5.32 Å². The molecule has 162 valence electrons. The molecule has 0 saturated heterocycles. The monoisotopic (exact) mass is 494 g/mol. The van der Waals surface area contributed by atoms with Gasteiger partial charge in [0.2, 0.25) is 5.95 Å². The van der Waals surface area contributed by atoms with Crippen molar-refractivity contribution < 1.29 is 29.1 Å². The second kappa shape index (κ2) is 10.3. The van der Waals surface area contributed by atoms with Gasteiger partial charge < -0.3 is 20.1 Å². The van der Waals surface area contributed by atoms with Crippen LogP contribution in [0.5, 0.6) is 0 Å². The van der Waals surface area contributed by atoms with Crippen molar-refractivity contribution in [2.45, 2.75) is 6.54 Å². The molecule has 2 aromatic carbocycles. The number of non-ortho nitro benzene ring substituents is 1. The maximum Gasteiger partial charge on any atom is 0.414 e. The molecule has 0 atom stereocenters. The molecule has 0 aliphatic rings. The third-order valence-corrected chi connectivity index (χ3v) is 4.75. The van der Waals surface area contributed by atoms with Crippen molar-refractivity contribution in [2.24, 2.45) is 7.05 Å². The zero-order valence-corrected chi connectivity index (χ0v) is 17.5. The minimum atomic E-state index is -1.82. The predicted octanol–water partition coefficient (Wildman–Crippen LogP) is 3.66. The Labute approximate surface area is 183 Å². The van der Waals surface area contributed by atoms with Crippen LogP contribution in [0, 0.1) is 15.9 Å². The highest BCUT2D eigenvalue weighted by Crippen LogP contribution is 2.26. The number of aromatic nitrogens is 2. The van der Waals surface area contributed by atoms with Crippen molar-refractivity contribution in [1.29, 1.82) is 0 Å². The number of hydrogen-bond donors (Lipinski definition) is 3. The van der Waals surface area contributed by atoms with E-state index in [1.165, 1.54) is 18.2 Å². The molecule has 0 bridgehead atoms. The topological polar surface area (TPSA) is 148 Å². The van der Waals surface area contributed by atoms with E-state index < -0.39 is 16.9 Å². The van der Waals surface area contributed by atoms with E-state index in [-0.39, 0.29) is 18.0 Å². The van der Waals surface area contributed by atoms with E-state index in [0.29, 0.717) is 21.5 Å². The number of hydrogen-bond acceptors (Lipinski definition) is 6. The minimum absolute atomic E-state index is 0.0171. The van der Waals surface area contributed by atoms with Gasteiger partial charge in [-0.25, -0.2) is 19.0 Å². The van der Waals surface area contributed by atoms with Gasteiger partial charge in [-0.1, -0.05) is 34.1 Å². The molecule has 0 fully saturated rings. The number of nitro groups is 1. The molecule has 3 N–H and O–H groups in total. The van der Waals surface area contributed by atoms with Gasteiger partial charge in [0.1, 0.15) is 5.82 Å². The van der Waals surface area contributed by atoms with Crippen LogP contribution in [-0.4, -0.2) is 36.6 Å². The summed E-state index contributed by atoms with van der Waals surface area (Å²) in [6.45, 7) is 0.256. The Hall–Kier alpha value is -3.80. The number of halogens is 2. The maximum absolute atomic E-state index is 13.9. The molecule has 0 saturated carbocycles. The van der Waals surface area contributed by atoms with E-state index in [9.17, 15) is 14.5 Å². The van der Waals surface area contributed by atoms with Gasteiger partial charge in [-0.2, -0.15) is 0 Å². The fourth-order valence-corrected chi connectivity index (χ4v) is 2.97. The highest BCUT2D eigenvalue weighted by molar-refractivity contribution is 9.10. The molecule has 0 aliphatic heterocycles. The average molecular weight is 495 g/mol. The zero-order valence-electron chi connectivity index (χ0n) is 16.0. The summed E-state index contributed by atoms with van der Waals surface area (Å²) in [5, 5.41) is 28.8. The first-order valence-corrected chi connectivity index (χ1v) is 9.30. The van der Waals surface area contributed by atoms with Crippen molar-refractivity contribution in [3.63, 3.8) is 0 Å². The van der Waals surface area contributed by atoms with Gasteiger partial charge in [-0.15, -0.1) is 0 Å². The van der Waals surface area contributed by atoms with Crippen LogP contribution in [0.25, 0.3) is 11.3 Å². The number of nitrogens with zero attached hydrogens (tertiary/aromatic N) is 3. The van der Waals surface area contributed by atoms with Gasteiger partial charge in [0, 0.05) is 41.3 Å².